The summed E-state index contributed by atoms with van der Waals surface area (Å²) in [6, 6.07) is 0. The summed E-state index contributed by atoms with van der Waals surface area (Å²) in [5.74, 6) is 1.58. The number of rotatable bonds is 2. The second-order valence-corrected chi connectivity index (χ2v) is 7.77. The van der Waals surface area contributed by atoms with Crippen LogP contribution in [0.25, 0.3) is 5.65 Å². The predicted octanol–water partition coefficient (Wildman–Crippen LogP) is 0.949. The molecule has 0 amide bonds. The van der Waals surface area contributed by atoms with E-state index in [9.17, 15) is 9.59 Å². The van der Waals surface area contributed by atoms with Crippen molar-refractivity contribution in [2.75, 3.05) is 0 Å². The molecule has 4 aliphatic rings. The molecule has 2 heterocycles. The summed E-state index contributed by atoms with van der Waals surface area (Å²) in [5, 5.41) is 7.66. The van der Waals surface area contributed by atoms with Crippen LogP contribution in [-0.2, 0) is 11.8 Å². The van der Waals surface area contributed by atoms with E-state index in [2.05, 4.69) is 15.3 Å². The van der Waals surface area contributed by atoms with E-state index in [0.717, 1.165) is 23.9 Å². The van der Waals surface area contributed by atoms with E-state index in [1.807, 2.05) is 0 Å². The Hall–Kier alpha value is -2.25. The zero-order chi connectivity index (χ0) is 16.5. The maximum atomic E-state index is 12.7. The third kappa shape index (κ3) is 1.94. The summed E-state index contributed by atoms with van der Waals surface area (Å²) < 4.78 is 8.31. The highest BCUT2D eigenvalue weighted by Gasteiger charge is 2.53. The molecule has 8 heteroatoms. The van der Waals surface area contributed by atoms with E-state index >= 15 is 0 Å². The first kappa shape index (κ1) is 14.1. The first-order valence-corrected chi connectivity index (χ1v) is 8.53. The third-order valence-corrected chi connectivity index (χ3v) is 5.98. The number of esters is 1. The smallest absolute Gasteiger partial charge is 0.361 e. The van der Waals surface area contributed by atoms with Crippen molar-refractivity contribution in [2.45, 2.75) is 44.1 Å². The summed E-state index contributed by atoms with van der Waals surface area (Å²) >= 11 is 0. The molecule has 8 nitrogen and oxygen atoms in total. The van der Waals surface area contributed by atoms with E-state index < -0.39 is 5.97 Å². The topological polar surface area (TPSA) is 91.4 Å². The number of nitrogens with zero attached hydrogens (tertiary/aromatic N) is 5. The maximum absolute atomic E-state index is 12.7. The van der Waals surface area contributed by atoms with Gasteiger partial charge in [0, 0.05) is 7.05 Å². The van der Waals surface area contributed by atoms with Crippen LogP contribution >= 0.6 is 0 Å². The number of aryl methyl sites for hydroxylation is 1. The zero-order valence-corrected chi connectivity index (χ0v) is 13.5. The quantitative estimate of drug-likeness (QED) is 0.762. The summed E-state index contributed by atoms with van der Waals surface area (Å²) in [7, 11) is 1.50. The van der Waals surface area contributed by atoms with Crippen molar-refractivity contribution in [3.63, 3.8) is 0 Å². The molecule has 4 fully saturated rings. The summed E-state index contributed by atoms with van der Waals surface area (Å²) in [5.41, 5.74) is -0.486. The lowest BCUT2D eigenvalue weighted by Crippen LogP contribution is -2.52. The molecule has 24 heavy (non-hydrogen) atoms. The van der Waals surface area contributed by atoms with Gasteiger partial charge in [-0.3, -0.25) is 0 Å². The highest BCUT2D eigenvalue weighted by atomic mass is 16.6. The van der Waals surface area contributed by atoms with Gasteiger partial charge in [-0.25, -0.2) is 19.0 Å². The van der Waals surface area contributed by atoms with E-state index in [4.69, 9.17) is 4.74 Å². The van der Waals surface area contributed by atoms with Gasteiger partial charge in [-0.05, 0) is 56.3 Å². The Morgan fingerprint density at radius 2 is 1.83 bits per heavy atom. The van der Waals surface area contributed by atoms with Crippen LogP contribution in [0.2, 0.25) is 0 Å². The first-order valence-electron chi connectivity index (χ1n) is 8.53. The fourth-order valence-corrected chi connectivity index (χ4v) is 5.43. The maximum Gasteiger partial charge on any atom is 0.361 e. The Labute approximate surface area is 137 Å². The number of carbonyl (C=O) groups excluding carboxylic acids is 1. The predicted molar refractivity (Wildman–Crippen MR) is 82.3 cm³/mol. The summed E-state index contributed by atoms with van der Waals surface area (Å²) in [6.45, 7) is 0. The molecule has 0 unspecified atom stereocenters. The highest BCUT2D eigenvalue weighted by molar-refractivity contribution is 5.93. The van der Waals surface area contributed by atoms with Gasteiger partial charge in [0.1, 0.15) is 11.9 Å². The van der Waals surface area contributed by atoms with Gasteiger partial charge < -0.3 is 4.74 Å². The van der Waals surface area contributed by atoms with Crippen LogP contribution in [-0.4, -0.2) is 35.9 Å². The summed E-state index contributed by atoms with van der Waals surface area (Å²) in [4.78, 5) is 28.8. The molecule has 2 aromatic heterocycles. The fourth-order valence-electron chi connectivity index (χ4n) is 5.43. The van der Waals surface area contributed by atoms with E-state index in [0.29, 0.717) is 17.8 Å². The van der Waals surface area contributed by atoms with Gasteiger partial charge >= 0.3 is 11.7 Å². The van der Waals surface area contributed by atoms with Gasteiger partial charge in [0.2, 0.25) is 0 Å². The van der Waals surface area contributed by atoms with Gasteiger partial charge in [0.05, 0.1) is 0 Å². The minimum absolute atomic E-state index is 0.0796. The van der Waals surface area contributed by atoms with Crippen molar-refractivity contribution >= 4 is 11.6 Å². The van der Waals surface area contributed by atoms with Gasteiger partial charge in [-0.1, -0.05) is 5.21 Å². The van der Waals surface area contributed by atoms with Crippen molar-refractivity contribution in [3.05, 3.63) is 22.5 Å². The number of carbonyl (C=O) groups is 1. The molecule has 126 valence electrons. The van der Waals surface area contributed by atoms with Crippen LogP contribution in [0.3, 0.4) is 0 Å². The number of hydrogen-bond donors (Lipinski definition) is 0. The number of ether oxygens (including phenoxy) is 1. The van der Waals surface area contributed by atoms with Crippen LogP contribution in [0.15, 0.2) is 11.1 Å². The molecule has 4 bridgehead atoms. The van der Waals surface area contributed by atoms with Crippen molar-refractivity contribution in [3.8, 4) is 0 Å². The lowest BCUT2D eigenvalue weighted by Gasteiger charge is -2.55. The number of imidazole rings is 1. The van der Waals surface area contributed by atoms with E-state index in [1.165, 1.54) is 37.0 Å². The lowest BCUT2D eigenvalue weighted by atomic mass is 9.54. The SMILES string of the molecule is Cn1nnc2c(C(=O)OC34CC5C[C@H](C3)C[C@H](C5)C4)ncn2c1=O. The molecular formula is C16H19N5O3. The van der Waals surface area contributed by atoms with E-state index in [1.54, 1.807) is 0 Å². The Bertz CT molecular complexity index is 863. The first-order chi connectivity index (χ1) is 11.5. The molecule has 0 saturated heterocycles. The van der Waals surface area contributed by atoms with Gasteiger partial charge in [0.25, 0.3) is 0 Å². The van der Waals surface area contributed by atoms with Gasteiger partial charge in [-0.2, -0.15) is 4.68 Å². The third-order valence-electron chi connectivity index (χ3n) is 5.98. The molecule has 0 spiro atoms. The van der Waals surface area contributed by atoms with Gasteiger partial charge in [-0.15, -0.1) is 5.10 Å². The van der Waals surface area contributed by atoms with Crippen LogP contribution in [0.5, 0.6) is 0 Å². The van der Waals surface area contributed by atoms with Crippen LogP contribution in [0.4, 0.5) is 0 Å². The molecular weight excluding hydrogens is 310 g/mol. The minimum Gasteiger partial charge on any atom is -0.454 e. The lowest BCUT2D eigenvalue weighted by molar-refractivity contribution is -0.131. The second kappa shape index (κ2) is 4.64. The molecule has 0 atom stereocenters. The fraction of sp³-hybridized carbons (Fsp3) is 0.688. The monoisotopic (exact) mass is 329 g/mol. The number of hydrogen-bond acceptors (Lipinski definition) is 6. The Morgan fingerprint density at radius 1 is 1.21 bits per heavy atom. The molecule has 4 saturated carbocycles. The van der Waals surface area contributed by atoms with Crippen molar-refractivity contribution in [2.24, 2.45) is 24.8 Å². The zero-order valence-electron chi connectivity index (χ0n) is 13.5. The van der Waals surface area contributed by atoms with E-state index in [-0.39, 0.29) is 22.6 Å². The number of aromatic nitrogens is 5. The van der Waals surface area contributed by atoms with Crippen LogP contribution in [0.1, 0.15) is 49.0 Å². The van der Waals surface area contributed by atoms with Crippen LogP contribution < -0.4 is 5.69 Å². The minimum atomic E-state index is -0.484. The molecule has 4 aliphatic carbocycles. The average molecular weight is 329 g/mol. The van der Waals surface area contributed by atoms with Crippen molar-refractivity contribution in [1.82, 2.24) is 24.4 Å². The van der Waals surface area contributed by atoms with Crippen molar-refractivity contribution < 1.29 is 9.53 Å². The standard InChI is InChI=1S/C16H19N5O3/c1-20-15(23)21-8-17-12(13(21)18-19-20)14(22)24-16-5-9-2-10(6-16)4-11(3-9)7-16/h8-11H,2-7H2,1H3/t9-,10-,11?,16?/m1/s1. The number of fused-ring (bicyclic) bond motifs is 1. The highest BCUT2D eigenvalue weighted by Crippen LogP contribution is 2.57. The van der Waals surface area contributed by atoms with Gasteiger partial charge in [0.15, 0.2) is 11.3 Å². The molecule has 0 N–H and O–H groups in total. The molecule has 0 aromatic carbocycles. The Balaban J connectivity index is 1.47. The largest absolute Gasteiger partial charge is 0.454 e. The Kier molecular flexibility index (Phi) is 2.73. The molecule has 6 rings (SSSR count). The molecule has 2 aromatic rings. The second-order valence-electron chi connectivity index (χ2n) is 7.77. The average Bonchev–Trinajstić information content (AvgIpc) is 2.94. The molecule has 0 radical (unpaired) electrons. The Morgan fingerprint density at radius 3 is 2.46 bits per heavy atom. The summed E-state index contributed by atoms with van der Waals surface area (Å²) in [6.07, 6.45) is 8.05. The molecule has 0 aliphatic heterocycles. The van der Waals surface area contributed by atoms with Crippen molar-refractivity contribution in [1.29, 1.82) is 0 Å². The van der Waals surface area contributed by atoms with Crippen LogP contribution in [0, 0.1) is 17.8 Å². The normalized spacial score (nSPS) is 34.0.